The molecule has 1 aromatic rings. The second-order valence-electron chi connectivity index (χ2n) is 6.38. The van der Waals surface area contributed by atoms with Gasteiger partial charge < -0.3 is 15.2 Å². The highest BCUT2D eigenvalue weighted by atomic mass is 16.5. The van der Waals surface area contributed by atoms with Crippen LogP contribution in [0.2, 0.25) is 0 Å². The van der Waals surface area contributed by atoms with Crippen molar-refractivity contribution < 1.29 is 14.1 Å². The minimum Gasteiger partial charge on any atom is -0.369 e. The van der Waals surface area contributed by atoms with Gasteiger partial charge in [-0.1, -0.05) is 16.8 Å². The van der Waals surface area contributed by atoms with Crippen molar-refractivity contribution >= 4 is 11.8 Å². The van der Waals surface area contributed by atoms with Crippen molar-refractivity contribution in [2.24, 2.45) is 11.7 Å². The fraction of sp³-hybridized carbons (Fsp3) is 0.625. The zero-order chi connectivity index (χ0) is 16.4. The van der Waals surface area contributed by atoms with Crippen molar-refractivity contribution in [2.45, 2.75) is 44.9 Å². The molecule has 1 aliphatic heterocycles. The number of aromatic nitrogens is 2. The highest BCUT2D eigenvalue weighted by Crippen LogP contribution is 2.32. The first-order valence-electron chi connectivity index (χ1n) is 8.10. The van der Waals surface area contributed by atoms with E-state index in [9.17, 15) is 9.59 Å². The number of nitrogens with zero attached hydrogens (tertiary/aromatic N) is 3. The summed E-state index contributed by atoms with van der Waals surface area (Å²) in [7, 11) is 0. The molecule has 124 valence electrons. The van der Waals surface area contributed by atoms with Gasteiger partial charge in [-0.3, -0.25) is 9.59 Å². The summed E-state index contributed by atoms with van der Waals surface area (Å²) in [5, 5.41) is 3.77. The van der Waals surface area contributed by atoms with Crippen LogP contribution in [0.25, 0.3) is 0 Å². The van der Waals surface area contributed by atoms with Crippen LogP contribution in [0.15, 0.2) is 16.2 Å². The summed E-state index contributed by atoms with van der Waals surface area (Å²) in [6.07, 6.45) is 6.99. The molecule has 0 radical (unpaired) electrons. The van der Waals surface area contributed by atoms with Crippen LogP contribution in [0.5, 0.6) is 0 Å². The third-order valence-electron chi connectivity index (χ3n) is 4.66. The van der Waals surface area contributed by atoms with Crippen molar-refractivity contribution in [3.05, 3.63) is 23.4 Å². The normalized spacial score (nSPS) is 24.6. The molecular weight excluding hydrogens is 296 g/mol. The summed E-state index contributed by atoms with van der Waals surface area (Å²) in [5.74, 6) is -0.267. The topological polar surface area (TPSA) is 102 Å². The molecule has 23 heavy (non-hydrogen) atoms. The van der Waals surface area contributed by atoms with Gasteiger partial charge in [0.15, 0.2) is 5.82 Å². The highest BCUT2D eigenvalue weighted by Gasteiger charge is 2.42. The number of hydrogen-bond donors (Lipinski definition) is 1. The van der Waals surface area contributed by atoms with Gasteiger partial charge in [-0.15, -0.1) is 0 Å². The van der Waals surface area contributed by atoms with Gasteiger partial charge in [-0.05, 0) is 32.6 Å². The summed E-state index contributed by atoms with van der Waals surface area (Å²) >= 11 is 0. The molecule has 0 unspecified atom stereocenters. The smallest absolute Gasteiger partial charge is 0.232 e. The lowest BCUT2D eigenvalue weighted by Crippen LogP contribution is -2.32. The molecule has 0 aromatic carbocycles. The van der Waals surface area contributed by atoms with Gasteiger partial charge >= 0.3 is 0 Å². The zero-order valence-corrected chi connectivity index (χ0v) is 13.3. The van der Waals surface area contributed by atoms with E-state index in [-0.39, 0.29) is 11.8 Å². The van der Waals surface area contributed by atoms with Gasteiger partial charge in [0.05, 0.1) is 11.8 Å². The molecular formula is C16H22N4O3. The third-order valence-corrected chi connectivity index (χ3v) is 4.66. The molecule has 7 nitrogen and oxygen atoms in total. The fourth-order valence-corrected chi connectivity index (χ4v) is 3.38. The highest BCUT2D eigenvalue weighted by molar-refractivity contribution is 5.83. The number of rotatable bonds is 4. The maximum atomic E-state index is 12.5. The minimum atomic E-state index is -0.473. The quantitative estimate of drug-likeness (QED) is 0.843. The van der Waals surface area contributed by atoms with Crippen molar-refractivity contribution in [1.82, 2.24) is 15.0 Å². The summed E-state index contributed by atoms with van der Waals surface area (Å²) in [5.41, 5.74) is 6.70. The number of primary amides is 1. The second-order valence-corrected chi connectivity index (χ2v) is 6.38. The number of carbonyl (C=O) groups is 2. The Morgan fingerprint density at radius 3 is 2.83 bits per heavy atom. The zero-order valence-electron chi connectivity index (χ0n) is 13.3. The van der Waals surface area contributed by atoms with E-state index in [2.05, 4.69) is 16.2 Å². The average molecular weight is 318 g/mol. The molecule has 2 amide bonds. The number of aryl methyl sites for hydroxylation is 1. The summed E-state index contributed by atoms with van der Waals surface area (Å²) in [4.78, 5) is 30.2. The maximum Gasteiger partial charge on any atom is 0.232 e. The lowest BCUT2D eigenvalue weighted by molar-refractivity contribution is -0.129. The molecule has 1 aromatic heterocycles. The van der Waals surface area contributed by atoms with Crippen LogP contribution in [0, 0.1) is 12.8 Å². The third kappa shape index (κ3) is 3.43. The van der Waals surface area contributed by atoms with E-state index < -0.39 is 11.8 Å². The number of allylic oxidation sites excluding steroid dienone is 1. The fourth-order valence-electron chi connectivity index (χ4n) is 3.38. The van der Waals surface area contributed by atoms with E-state index in [0.717, 1.165) is 19.3 Å². The molecule has 2 atom stereocenters. The lowest BCUT2D eigenvalue weighted by atomic mass is 9.95. The summed E-state index contributed by atoms with van der Waals surface area (Å²) in [6.45, 7) is 2.45. The standard InChI is InChI=1S/C16H22N4O3/c1-10-18-16(23-19-10)13-9-20(8-12(13)15(17)22)14(21)7-11-5-3-2-4-6-11/h5,12-13H,2-4,6-9H2,1H3,(H2,17,22)/t12-,13-/m1/s1. The number of hydrogen-bond acceptors (Lipinski definition) is 5. The molecule has 2 N–H and O–H groups in total. The number of likely N-dealkylation sites (tertiary alicyclic amines) is 1. The Hall–Kier alpha value is -2.18. The summed E-state index contributed by atoms with van der Waals surface area (Å²) in [6, 6.07) is 0. The number of amides is 2. The Balaban J connectivity index is 1.70. The lowest BCUT2D eigenvalue weighted by Gasteiger charge is -2.18. The van der Waals surface area contributed by atoms with Crippen LogP contribution in [0.1, 0.15) is 49.7 Å². The van der Waals surface area contributed by atoms with Gasteiger partial charge in [0, 0.05) is 19.5 Å². The first-order valence-corrected chi connectivity index (χ1v) is 8.10. The molecule has 7 heteroatoms. The van der Waals surface area contributed by atoms with Gasteiger partial charge in [0.2, 0.25) is 17.7 Å². The molecule has 1 fully saturated rings. The molecule has 2 aliphatic rings. The van der Waals surface area contributed by atoms with Crippen molar-refractivity contribution in [1.29, 1.82) is 0 Å². The van der Waals surface area contributed by atoms with Gasteiger partial charge in [0.1, 0.15) is 0 Å². The van der Waals surface area contributed by atoms with Crippen LogP contribution in [0.4, 0.5) is 0 Å². The summed E-state index contributed by atoms with van der Waals surface area (Å²) < 4.78 is 5.19. The minimum absolute atomic E-state index is 0.0446. The van der Waals surface area contributed by atoms with Crippen molar-refractivity contribution in [3.63, 3.8) is 0 Å². The molecule has 0 spiro atoms. The molecule has 1 saturated heterocycles. The first kappa shape index (κ1) is 15.7. The molecule has 0 bridgehead atoms. The van der Waals surface area contributed by atoms with E-state index in [1.807, 2.05) is 0 Å². The predicted molar refractivity (Wildman–Crippen MR) is 82.2 cm³/mol. The molecule has 3 rings (SSSR count). The first-order chi connectivity index (χ1) is 11.0. The van der Waals surface area contributed by atoms with Gasteiger partial charge in [0.25, 0.3) is 0 Å². The Kier molecular flexibility index (Phi) is 4.45. The van der Waals surface area contributed by atoms with Crippen LogP contribution in [-0.2, 0) is 9.59 Å². The van der Waals surface area contributed by atoms with Crippen molar-refractivity contribution in [2.75, 3.05) is 13.1 Å². The Morgan fingerprint density at radius 1 is 1.39 bits per heavy atom. The largest absolute Gasteiger partial charge is 0.369 e. The molecule has 1 aliphatic carbocycles. The van der Waals surface area contributed by atoms with Crippen molar-refractivity contribution in [3.8, 4) is 0 Å². The monoisotopic (exact) mass is 318 g/mol. The SMILES string of the molecule is Cc1noc([C@@H]2CN(C(=O)CC3=CCCCC3)C[C@H]2C(N)=O)n1. The Labute approximate surface area is 134 Å². The number of carbonyl (C=O) groups excluding carboxylic acids is 2. The van der Waals surface area contributed by atoms with Gasteiger partial charge in [-0.2, -0.15) is 4.98 Å². The van der Waals surface area contributed by atoms with Gasteiger partial charge in [-0.25, -0.2) is 0 Å². The van der Waals surface area contributed by atoms with E-state index in [0.29, 0.717) is 31.2 Å². The van der Waals surface area contributed by atoms with E-state index in [1.54, 1.807) is 11.8 Å². The Bertz CT molecular complexity index is 637. The van der Waals surface area contributed by atoms with E-state index >= 15 is 0 Å². The predicted octanol–water partition coefficient (Wildman–Crippen LogP) is 1.30. The molecule has 2 heterocycles. The average Bonchev–Trinajstić information content (AvgIpc) is 3.14. The number of nitrogens with two attached hydrogens (primary N) is 1. The maximum absolute atomic E-state index is 12.5. The molecule has 0 saturated carbocycles. The van der Waals surface area contributed by atoms with E-state index in [4.69, 9.17) is 10.3 Å². The van der Waals surface area contributed by atoms with Crippen LogP contribution >= 0.6 is 0 Å². The Morgan fingerprint density at radius 2 is 2.22 bits per heavy atom. The van der Waals surface area contributed by atoms with E-state index in [1.165, 1.54) is 12.0 Å². The van der Waals surface area contributed by atoms with Crippen LogP contribution in [-0.4, -0.2) is 39.9 Å². The second kappa shape index (κ2) is 6.52. The van der Waals surface area contributed by atoms with Crippen LogP contribution in [0.3, 0.4) is 0 Å². The van der Waals surface area contributed by atoms with Crippen LogP contribution < -0.4 is 5.73 Å².